The highest BCUT2D eigenvalue weighted by atomic mass is 19.1. The van der Waals surface area contributed by atoms with Gasteiger partial charge in [0.15, 0.2) is 17.9 Å². The number of ketones is 1. The molecule has 2 rings (SSSR count). The highest BCUT2D eigenvalue weighted by Crippen LogP contribution is 2.27. The number of nitrogens with zero attached hydrogens (tertiary/aromatic N) is 2. The average molecular weight is 263 g/mol. The standard InChI is InChI=1S/C11H10FN5O2/c12-7-4-16-11(17(14)2-1-13)10-9(7)6(3-15-10)8(19)5-18/h1-5,15H,13-14H2/b2-1-. The Morgan fingerprint density at radius 1 is 1.53 bits per heavy atom. The molecule has 0 spiro atoms. The number of rotatable bonds is 4. The number of Topliss-reactive ketones (excluding diaryl/α,β-unsaturated/α-hetero) is 1. The molecule has 2 aromatic rings. The van der Waals surface area contributed by atoms with Crippen LogP contribution >= 0.6 is 0 Å². The summed E-state index contributed by atoms with van der Waals surface area (Å²) in [6.07, 6.45) is 4.74. The van der Waals surface area contributed by atoms with Crippen molar-refractivity contribution in [1.29, 1.82) is 0 Å². The van der Waals surface area contributed by atoms with Crippen LogP contribution in [0.25, 0.3) is 10.9 Å². The maximum atomic E-state index is 13.8. The number of fused-ring (bicyclic) bond motifs is 1. The molecule has 0 fully saturated rings. The number of nitrogens with one attached hydrogen (secondary N) is 1. The highest BCUT2D eigenvalue weighted by molar-refractivity contribution is 6.36. The number of H-pyrrole nitrogens is 1. The molecule has 8 heteroatoms. The van der Waals surface area contributed by atoms with E-state index < -0.39 is 11.6 Å². The molecule has 0 aromatic carbocycles. The lowest BCUT2D eigenvalue weighted by molar-refractivity contribution is -0.104. The fourth-order valence-corrected chi connectivity index (χ4v) is 1.71. The van der Waals surface area contributed by atoms with Crippen LogP contribution in [-0.4, -0.2) is 22.0 Å². The third-order valence-corrected chi connectivity index (χ3v) is 2.51. The Bertz CT molecular complexity index is 679. The van der Waals surface area contributed by atoms with E-state index in [4.69, 9.17) is 11.6 Å². The molecule has 0 radical (unpaired) electrons. The number of carbonyl (C=O) groups excluding carboxylic acids is 2. The molecule has 0 unspecified atom stereocenters. The predicted molar refractivity (Wildman–Crippen MR) is 66.4 cm³/mol. The van der Waals surface area contributed by atoms with Crippen LogP contribution in [0.2, 0.25) is 0 Å². The Kier molecular flexibility index (Phi) is 3.25. The summed E-state index contributed by atoms with van der Waals surface area (Å²) in [7, 11) is 0. The Balaban J connectivity index is 2.71. The molecule has 2 heterocycles. The van der Waals surface area contributed by atoms with E-state index in [1.807, 2.05) is 0 Å². The molecule has 7 nitrogen and oxygen atoms in total. The molecule has 0 aliphatic rings. The van der Waals surface area contributed by atoms with Crippen molar-refractivity contribution >= 4 is 28.8 Å². The van der Waals surface area contributed by atoms with Crippen molar-refractivity contribution in [2.75, 3.05) is 5.01 Å². The molecule has 0 saturated heterocycles. The molecule has 0 bridgehead atoms. The second-order valence-corrected chi connectivity index (χ2v) is 3.61. The molecule has 98 valence electrons. The van der Waals surface area contributed by atoms with Gasteiger partial charge < -0.3 is 10.7 Å². The molecule has 0 saturated carbocycles. The SMILES string of the molecule is N/C=C\N(N)c1ncc(F)c2c(C(=O)C=O)c[nH]c12. The monoisotopic (exact) mass is 263 g/mol. The van der Waals surface area contributed by atoms with Gasteiger partial charge in [0.1, 0.15) is 0 Å². The summed E-state index contributed by atoms with van der Waals surface area (Å²) in [6.45, 7) is 0. The zero-order valence-electron chi connectivity index (χ0n) is 9.63. The van der Waals surface area contributed by atoms with Crippen LogP contribution in [0.15, 0.2) is 24.8 Å². The summed E-state index contributed by atoms with van der Waals surface area (Å²) >= 11 is 0. The van der Waals surface area contributed by atoms with Gasteiger partial charge in [-0.3, -0.25) is 14.6 Å². The number of aromatic amines is 1. The maximum Gasteiger partial charge on any atom is 0.227 e. The molecule has 5 N–H and O–H groups in total. The van der Waals surface area contributed by atoms with Crippen LogP contribution in [0.4, 0.5) is 10.2 Å². The second-order valence-electron chi connectivity index (χ2n) is 3.61. The van der Waals surface area contributed by atoms with Gasteiger partial charge in [0.05, 0.1) is 22.7 Å². The molecular weight excluding hydrogens is 253 g/mol. The minimum atomic E-state index is -0.833. The Hall–Kier alpha value is -2.74. The van der Waals surface area contributed by atoms with Gasteiger partial charge in [-0.05, 0) is 0 Å². The number of pyridine rings is 1. The fraction of sp³-hybridized carbons (Fsp3) is 0. The number of carbonyl (C=O) groups is 2. The molecule has 0 amide bonds. The van der Waals surface area contributed by atoms with Gasteiger partial charge in [-0.1, -0.05) is 0 Å². The lowest BCUT2D eigenvalue weighted by atomic mass is 10.1. The van der Waals surface area contributed by atoms with Crippen LogP contribution in [0.1, 0.15) is 10.4 Å². The molecular formula is C11H10FN5O2. The topological polar surface area (TPSA) is 118 Å². The minimum Gasteiger partial charge on any atom is -0.403 e. The van der Waals surface area contributed by atoms with E-state index in [1.165, 1.54) is 18.6 Å². The predicted octanol–water partition coefficient (Wildman–Crippen LogP) is 0.194. The third-order valence-electron chi connectivity index (χ3n) is 2.51. The lowest BCUT2D eigenvalue weighted by Crippen LogP contribution is -2.26. The van der Waals surface area contributed by atoms with Crippen LogP contribution in [0.5, 0.6) is 0 Å². The minimum absolute atomic E-state index is 0.0389. The van der Waals surface area contributed by atoms with Gasteiger partial charge in [0, 0.05) is 18.6 Å². The largest absolute Gasteiger partial charge is 0.403 e. The van der Waals surface area contributed by atoms with Crippen molar-refractivity contribution in [2.45, 2.75) is 0 Å². The van der Waals surface area contributed by atoms with E-state index in [0.717, 1.165) is 11.2 Å². The van der Waals surface area contributed by atoms with Crippen molar-refractivity contribution in [3.63, 3.8) is 0 Å². The van der Waals surface area contributed by atoms with Crippen LogP contribution < -0.4 is 16.6 Å². The first-order chi connectivity index (χ1) is 9.10. The number of aldehydes is 1. The first kappa shape index (κ1) is 12.7. The summed E-state index contributed by atoms with van der Waals surface area (Å²) in [4.78, 5) is 28.4. The van der Waals surface area contributed by atoms with E-state index in [-0.39, 0.29) is 28.6 Å². The van der Waals surface area contributed by atoms with Gasteiger partial charge in [-0.25, -0.2) is 15.2 Å². The summed E-state index contributed by atoms with van der Waals surface area (Å²) in [5.74, 6) is 4.26. The smallest absolute Gasteiger partial charge is 0.227 e. The first-order valence-corrected chi connectivity index (χ1v) is 5.17. The zero-order chi connectivity index (χ0) is 14.0. The van der Waals surface area contributed by atoms with Crippen molar-refractivity contribution in [3.8, 4) is 0 Å². The number of hydrazine groups is 1. The number of halogens is 1. The summed E-state index contributed by atoms with van der Waals surface area (Å²) in [5.41, 5.74) is 5.33. The Morgan fingerprint density at radius 3 is 2.89 bits per heavy atom. The molecule has 0 aliphatic carbocycles. The van der Waals surface area contributed by atoms with Crippen molar-refractivity contribution in [1.82, 2.24) is 9.97 Å². The number of nitrogens with two attached hydrogens (primary N) is 2. The van der Waals surface area contributed by atoms with E-state index in [2.05, 4.69) is 9.97 Å². The van der Waals surface area contributed by atoms with Crippen LogP contribution in [0, 0.1) is 5.82 Å². The van der Waals surface area contributed by atoms with Gasteiger partial charge in [0.2, 0.25) is 5.78 Å². The number of hydrogen-bond acceptors (Lipinski definition) is 6. The normalized spacial score (nSPS) is 11.1. The van der Waals surface area contributed by atoms with Gasteiger partial charge >= 0.3 is 0 Å². The van der Waals surface area contributed by atoms with Gasteiger partial charge in [-0.15, -0.1) is 0 Å². The second kappa shape index (κ2) is 4.86. The summed E-state index contributed by atoms with van der Waals surface area (Å²) in [6, 6.07) is 0. The highest BCUT2D eigenvalue weighted by Gasteiger charge is 2.19. The molecule has 0 atom stereocenters. The quantitative estimate of drug-likeness (QED) is 0.238. The summed E-state index contributed by atoms with van der Waals surface area (Å²) in [5, 5.41) is 1.02. The van der Waals surface area contributed by atoms with E-state index in [1.54, 1.807) is 0 Å². The molecule has 19 heavy (non-hydrogen) atoms. The third kappa shape index (κ3) is 2.04. The number of anilines is 1. The maximum absolute atomic E-state index is 13.8. The first-order valence-electron chi connectivity index (χ1n) is 5.17. The van der Waals surface area contributed by atoms with Crippen molar-refractivity contribution < 1.29 is 14.0 Å². The van der Waals surface area contributed by atoms with Crippen LogP contribution in [0.3, 0.4) is 0 Å². The molecule has 2 aromatic heterocycles. The average Bonchev–Trinajstić information content (AvgIpc) is 2.84. The van der Waals surface area contributed by atoms with Crippen LogP contribution in [-0.2, 0) is 4.79 Å². The number of aromatic nitrogens is 2. The zero-order valence-corrected chi connectivity index (χ0v) is 9.63. The van der Waals surface area contributed by atoms with Crippen molar-refractivity contribution in [3.05, 3.63) is 36.2 Å². The van der Waals surface area contributed by atoms with Gasteiger partial charge in [-0.2, -0.15) is 0 Å². The molecule has 0 aliphatic heterocycles. The van der Waals surface area contributed by atoms with E-state index >= 15 is 0 Å². The van der Waals surface area contributed by atoms with Crippen molar-refractivity contribution in [2.24, 2.45) is 11.6 Å². The summed E-state index contributed by atoms with van der Waals surface area (Å²) < 4.78 is 13.8. The van der Waals surface area contributed by atoms with E-state index in [0.29, 0.717) is 0 Å². The fourth-order valence-electron chi connectivity index (χ4n) is 1.71. The van der Waals surface area contributed by atoms with E-state index in [9.17, 15) is 14.0 Å². The van der Waals surface area contributed by atoms with Gasteiger partial charge in [0.25, 0.3) is 0 Å². The number of hydrogen-bond donors (Lipinski definition) is 3. The lowest BCUT2D eigenvalue weighted by Gasteiger charge is -2.12. The Labute approximate surface area is 106 Å². The Morgan fingerprint density at radius 2 is 2.26 bits per heavy atom.